The molecular formula is C21H12ClFN4OS. The molecule has 1 aliphatic heterocycles. The van der Waals surface area contributed by atoms with Crippen molar-refractivity contribution in [3.8, 4) is 17.2 Å². The van der Waals surface area contributed by atoms with Crippen LogP contribution >= 0.6 is 23.8 Å². The Bertz CT molecular complexity index is 1200. The Kier molecular flexibility index (Phi) is 4.74. The molecule has 0 unspecified atom stereocenters. The number of aromatic nitrogens is 1. The fraction of sp³-hybridized carbons (Fsp3) is 0.0476. The van der Waals surface area contributed by atoms with Crippen LogP contribution in [0.2, 0.25) is 5.02 Å². The quantitative estimate of drug-likeness (QED) is 0.621. The SMILES string of the molecule is N#Cc1c(N)nc2c(c1-c1ccc(Cl)cc1)C(=S)N(C(=O)c1ccc(F)cc1)C2. The van der Waals surface area contributed by atoms with Gasteiger partial charge in [0.05, 0.1) is 12.2 Å². The lowest BCUT2D eigenvalue weighted by Crippen LogP contribution is -2.30. The van der Waals surface area contributed by atoms with Crippen LogP contribution in [0.1, 0.15) is 27.2 Å². The molecule has 2 heterocycles. The molecular weight excluding hydrogens is 411 g/mol. The number of nitrogen functional groups attached to an aromatic ring is 1. The van der Waals surface area contributed by atoms with Crippen molar-refractivity contribution < 1.29 is 9.18 Å². The minimum atomic E-state index is -0.438. The maximum atomic E-state index is 13.2. The topological polar surface area (TPSA) is 83.0 Å². The van der Waals surface area contributed by atoms with E-state index in [0.717, 1.165) is 0 Å². The van der Waals surface area contributed by atoms with Crippen LogP contribution < -0.4 is 5.73 Å². The summed E-state index contributed by atoms with van der Waals surface area (Å²) in [5, 5.41) is 10.2. The predicted molar refractivity (Wildman–Crippen MR) is 112 cm³/mol. The zero-order valence-electron chi connectivity index (χ0n) is 14.8. The summed E-state index contributed by atoms with van der Waals surface area (Å²) in [5.74, 6) is -0.755. The normalized spacial score (nSPS) is 12.6. The average Bonchev–Trinajstić information content (AvgIpc) is 3.03. The number of anilines is 1. The first-order valence-corrected chi connectivity index (χ1v) is 9.29. The fourth-order valence-electron chi connectivity index (χ4n) is 3.29. The highest BCUT2D eigenvalue weighted by atomic mass is 35.5. The van der Waals surface area contributed by atoms with Gasteiger partial charge in [0, 0.05) is 21.7 Å². The third kappa shape index (κ3) is 3.23. The highest BCUT2D eigenvalue weighted by Crippen LogP contribution is 2.38. The van der Waals surface area contributed by atoms with Crippen molar-refractivity contribution in [1.82, 2.24) is 9.88 Å². The number of rotatable bonds is 2. The van der Waals surface area contributed by atoms with E-state index >= 15 is 0 Å². The van der Waals surface area contributed by atoms with E-state index in [9.17, 15) is 14.4 Å². The van der Waals surface area contributed by atoms with Gasteiger partial charge in [-0.1, -0.05) is 36.0 Å². The largest absolute Gasteiger partial charge is 0.383 e. The van der Waals surface area contributed by atoms with Gasteiger partial charge in [0.25, 0.3) is 5.91 Å². The Morgan fingerprint density at radius 3 is 2.45 bits per heavy atom. The Morgan fingerprint density at radius 2 is 1.83 bits per heavy atom. The monoisotopic (exact) mass is 422 g/mol. The summed E-state index contributed by atoms with van der Waals surface area (Å²) < 4.78 is 13.2. The minimum Gasteiger partial charge on any atom is -0.383 e. The van der Waals surface area contributed by atoms with Crippen LogP contribution in [0.5, 0.6) is 0 Å². The second-order valence-corrected chi connectivity index (χ2v) is 7.21. The zero-order chi connectivity index (χ0) is 20.7. The van der Waals surface area contributed by atoms with E-state index in [-0.39, 0.29) is 28.8 Å². The molecule has 0 aliphatic carbocycles. The Hall–Kier alpha value is -3.34. The summed E-state index contributed by atoms with van der Waals surface area (Å²) in [6.07, 6.45) is 0. The maximum absolute atomic E-state index is 13.2. The molecule has 0 radical (unpaired) electrons. The van der Waals surface area contributed by atoms with Gasteiger partial charge in [0.15, 0.2) is 0 Å². The van der Waals surface area contributed by atoms with Gasteiger partial charge in [-0.15, -0.1) is 0 Å². The standard InChI is InChI=1S/C21H12ClFN4OS/c22-13-5-1-11(2-6-13)17-15(9-24)19(25)26-16-10-27(21(29)18(16)17)20(28)12-3-7-14(23)8-4-12/h1-8H,10H2,(H2,25,26). The van der Waals surface area contributed by atoms with E-state index in [1.54, 1.807) is 24.3 Å². The number of nitrogens with two attached hydrogens (primary N) is 1. The molecule has 2 N–H and O–H groups in total. The lowest BCUT2D eigenvalue weighted by atomic mass is 9.95. The molecule has 2 aromatic carbocycles. The van der Waals surface area contributed by atoms with Gasteiger partial charge in [0.2, 0.25) is 0 Å². The van der Waals surface area contributed by atoms with Crippen LogP contribution in [-0.4, -0.2) is 20.8 Å². The second-order valence-electron chi connectivity index (χ2n) is 6.39. The summed E-state index contributed by atoms with van der Waals surface area (Å²) in [6, 6.07) is 14.2. The molecule has 8 heteroatoms. The predicted octanol–water partition coefficient (Wildman–Crippen LogP) is 4.33. The van der Waals surface area contributed by atoms with Crippen molar-refractivity contribution in [2.24, 2.45) is 0 Å². The number of carbonyl (C=O) groups is 1. The van der Waals surface area contributed by atoms with Gasteiger partial charge >= 0.3 is 0 Å². The number of fused-ring (bicyclic) bond motifs is 1. The number of nitriles is 1. The number of hydrogen-bond donors (Lipinski definition) is 1. The Morgan fingerprint density at radius 1 is 1.17 bits per heavy atom. The van der Waals surface area contributed by atoms with E-state index in [1.165, 1.54) is 29.2 Å². The number of thiocarbonyl (C=S) groups is 1. The molecule has 5 nitrogen and oxygen atoms in total. The van der Waals surface area contributed by atoms with Crippen molar-refractivity contribution >= 4 is 40.5 Å². The highest BCUT2D eigenvalue weighted by molar-refractivity contribution is 7.80. The van der Waals surface area contributed by atoms with E-state index in [1.807, 2.05) is 0 Å². The first-order valence-electron chi connectivity index (χ1n) is 8.51. The van der Waals surface area contributed by atoms with Crippen LogP contribution in [0, 0.1) is 17.1 Å². The highest BCUT2D eigenvalue weighted by Gasteiger charge is 2.35. The summed E-state index contributed by atoms with van der Waals surface area (Å²) in [7, 11) is 0. The number of hydrogen-bond acceptors (Lipinski definition) is 5. The van der Waals surface area contributed by atoms with Crippen LogP contribution in [-0.2, 0) is 6.54 Å². The van der Waals surface area contributed by atoms with E-state index < -0.39 is 5.82 Å². The zero-order valence-corrected chi connectivity index (χ0v) is 16.4. The molecule has 142 valence electrons. The number of nitrogens with zero attached hydrogens (tertiary/aromatic N) is 3. The third-order valence-corrected chi connectivity index (χ3v) is 5.32. The molecule has 0 saturated heterocycles. The van der Waals surface area contributed by atoms with Crippen molar-refractivity contribution in [1.29, 1.82) is 5.26 Å². The van der Waals surface area contributed by atoms with E-state index in [2.05, 4.69) is 11.1 Å². The van der Waals surface area contributed by atoms with Crippen LogP contribution in [0.25, 0.3) is 11.1 Å². The summed E-state index contributed by atoms with van der Waals surface area (Å²) in [6.45, 7) is 0.112. The van der Waals surface area contributed by atoms with Gasteiger partial charge in [0.1, 0.15) is 28.3 Å². The first kappa shape index (κ1) is 19.0. The van der Waals surface area contributed by atoms with Crippen LogP contribution in [0.15, 0.2) is 48.5 Å². The molecule has 3 aromatic rings. The molecule has 0 saturated carbocycles. The lowest BCUT2D eigenvalue weighted by molar-refractivity contribution is 0.0847. The second kappa shape index (κ2) is 7.24. The summed E-state index contributed by atoms with van der Waals surface area (Å²) in [4.78, 5) is 18.9. The third-order valence-electron chi connectivity index (χ3n) is 4.65. The van der Waals surface area contributed by atoms with Gasteiger partial charge in [-0.25, -0.2) is 9.37 Å². The maximum Gasteiger partial charge on any atom is 0.259 e. The van der Waals surface area contributed by atoms with E-state index in [0.29, 0.717) is 33.0 Å². The number of benzene rings is 2. The molecule has 0 atom stereocenters. The number of pyridine rings is 1. The molecule has 0 fully saturated rings. The molecule has 4 rings (SSSR count). The number of carbonyl (C=O) groups excluding carboxylic acids is 1. The van der Waals surface area contributed by atoms with Crippen LogP contribution in [0.4, 0.5) is 10.2 Å². The lowest BCUT2D eigenvalue weighted by Gasteiger charge is -2.16. The molecule has 29 heavy (non-hydrogen) atoms. The summed E-state index contributed by atoms with van der Waals surface area (Å²) >= 11 is 11.6. The fourth-order valence-corrected chi connectivity index (χ4v) is 3.78. The molecule has 1 aliphatic rings. The molecule has 1 aromatic heterocycles. The van der Waals surface area contributed by atoms with Crippen molar-refractivity contribution in [3.63, 3.8) is 0 Å². The molecule has 0 spiro atoms. The number of halogens is 2. The average molecular weight is 423 g/mol. The first-order chi connectivity index (χ1) is 13.9. The van der Waals surface area contributed by atoms with Gasteiger partial charge in [-0.3, -0.25) is 9.69 Å². The Labute approximate surface area is 176 Å². The number of amides is 1. The van der Waals surface area contributed by atoms with Crippen LogP contribution in [0.3, 0.4) is 0 Å². The smallest absolute Gasteiger partial charge is 0.259 e. The van der Waals surface area contributed by atoms with Crippen molar-refractivity contribution in [2.75, 3.05) is 5.73 Å². The minimum absolute atomic E-state index is 0.0649. The molecule has 1 amide bonds. The van der Waals surface area contributed by atoms with Gasteiger partial charge < -0.3 is 5.73 Å². The van der Waals surface area contributed by atoms with Crippen molar-refractivity contribution in [3.05, 3.63) is 81.8 Å². The molecule has 0 bridgehead atoms. The van der Waals surface area contributed by atoms with E-state index in [4.69, 9.17) is 29.6 Å². The van der Waals surface area contributed by atoms with Gasteiger partial charge in [-0.05, 0) is 42.0 Å². The summed E-state index contributed by atoms with van der Waals surface area (Å²) in [5.41, 5.74) is 8.73. The Balaban J connectivity index is 1.84. The van der Waals surface area contributed by atoms with Gasteiger partial charge in [-0.2, -0.15) is 5.26 Å². The van der Waals surface area contributed by atoms with Crippen molar-refractivity contribution in [2.45, 2.75) is 6.54 Å².